The van der Waals surface area contributed by atoms with Crippen LogP contribution in [-0.4, -0.2) is 9.67 Å². The maximum atomic E-state index is 9.68. The lowest BCUT2D eigenvalue weighted by molar-refractivity contribution is 0.472. The summed E-state index contributed by atoms with van der Waals surface area (Å²) in [6.45, 7) is 0. The van der Waals surface area contributed by atoms with Crippen molar-refractivity contribution < 1.29 is 5.11 Å². The minimum absolute atomic E-state index is 0.337. The Morgan fingerprint density at radius 3 is 2.47 bits per heavy atom. The van der Waals surface area contributed by atoms with Gasteiger partial charge in [-0.15, -0.1) is 0 Å². The van der Waals surface area contributed by atoms with E-state index in [1.807, 2.05) is 36.5 Å². The quantitative estimate of drug-likeness (QED) is 0.670. The summed E-state index contributed by atoms with van der Waals surface area (Å²) < 4.78 is 3.02. The Balaban J connectivity index is 2.30. The third kappa shape index (κ3) is 1.70. The van der Waals surface area contributed by atoms with Crippen molar-refractivity contribution >= 4 is 33.5 Å². The van der Waals surface area contributed by atoms with Crippen LogP contribution in [0.3, 0.4) is 0 Å². The van der Waals surface area contributed by atoms with Gasteiger partial charge in [-0.2, -0.15) is 0 Å². The molecule has 0 unspecified atom stereocenters. The zero-order valence-electron chi connectivity index (χ0n) is 8.97. The highest BCUT2D eigenvalue weighted by molar-refractivity contribution is 14.1. The Morgan fingerprint density at radius 1 is 0.941 bits per heavy atom. The third-order valence-electron chi connectivity index (χ3n) is 2.82. The molecule has 3 rings (SSSR count). The predicted molar refractivity (Wildman–Crippen MR) is 77.7 cm³/mol. The number of halogens is 1. The highest BCUT2D eigenvalue weighted by Gasteiger charge is 2.08. The number of phenols is 1. The first kappa shape index (κ1) is 10.7. The van der Waals surface area contributed by atoms with Gasteiger partial charge < -0.3 is 9.67 Å². The number of hydrogen-bond acceptors (Lipinski definition) is 1. The van der Waals surface area contributed by atoms with E-state index in [0.29, 0.717) is 5.75 Å². The summed E-state index contributed by atoms with van der Waals surface area (Å²) in [5, 5.41) is 10.8. The lowest BCUT2D eigenvalue weighted by atomic mass is 10.2. The number of para-hydroxylation sites is 1. The molecule has 0 fully saturated rings. The number of fused-ring (bicyclic) bond motifs is 1. The summed E-state index contributed by atoms with van der Waals surface area (Å²) in [5.41, 5.74) is 2.24. The first-order valence-corrected chi connectivity index (χ1v) is 6.39. The van der Waals surface area contributed by atoms with Crippen LogP contribution in [0.25, 0.3) is 16.6 Å². The van der Waals surface area contributed by atoms with Crippen LogP contribution in [0.5, 0.6) is 5.75 Å². The van der Waals surface area contributed by atoms with Crippen LogP contribution < -0.4 is 0 Å². The van der Waals surface area contributed by atoms with Crippen molar-refractivity contribution in [2.75, 3.05) is 0 Å². The molecule has 0 atom stereocenters. The largest absolute Gasteiger partial charge is 0.507 e. The molecule has 0 aliphatic heterocycles. The molecular weight excluding hydrogens is 325 g/mol. The maximum Gasteiger partial charge on any atom is 0.129 e. The SMILES string of the molecule is Oc1ccc2c(ccn2-c2ccccc2)c1I. The molecule has 0 radical (unpaired) electrons. The molecule has 0 aliphatic rings. The fourth-order valence-corrected chi connectivity index (χ4v) is 2.62. The molecule has 3 heteroatoms. The first-order chi connectivity index (χ1) is 8.27. The topological polar surface area (TPSA) is 25.2 Å². The summed E-state index contributed by atoms with van der Waals surface area (Å²) in [6.07, 6.45) is 2.03. The van der Waals surface area contributed by atoms with Gasteiger partial charge in [-0.25, -0.2) is 0 Å². The standard InChI is InChI=1S/C14H10INO/c15-14-11-8-9-16(10-4-2-1-3-5-10)12(11)6-7-13(14)17/h1-9,17H. The smallest absolute Gasteiger partial charge is 0.129 e. The van der Waals surface area contributed by atoms with Crippen LogP contribution in [-0.2, 0) is 0 Å². The molecule has 0 saturated heterocycles. The van der Waals surface area contributed by atoms with Gasteiger partial charge in [0, 0.05) is 17.3 Å². The van der Waals surface area contributed by atoms with E-state index in [-0.39, 0.29) is 0 Å². The minimum Gasteiger partial charge on any atom is -0.507 e. The average Bonchev–Trinajstić information content (AvgIpc) is 2.79. The monoisotopic (exact) mass is 335 g/mol. The Labute approximate surface area is 113 Å². The summed E-state index contributed by atoms with van der Waals surface area (Å²) in [6, 6.07) is 15.9. The lowest BCUT2D eigenvalue weighted by Gasteiger charge is -2.06. The van der Waals surface area contributed by atoms with E-state index in [2.05, 4.69) is 39.3 Å². The second-order valence-electron chi connectivity index (χ2n) is 3.85. The van der Waals surface area contributed by atoms with Gasteiger partial charge in [0.05, 0.1) is 9.09 Å². The van der Waals surface area contributed by atoms with Crippen molar-refractivity contribution in [1.82, 2.24) is 4.57 Å². The molecule has 1 aromatic heterocycles. The van der Waals surface area contributed by atoms with Gasteiger partial charge in [-0.3, -0.25) is 0 Å². The van der Waals surface area contributed by atoms with Crippen LogP contribution >= 0.6 is 22.6 Å². The van der Waals surface area contributed by atoms with Crippen molar-refractivity contribution in [3.63, 3.8) is 0 Å². The fraction of sp³-hybridized carbons (Fsp3) is 0. The highest BCUT2D eigenvalue weighted by atomic mass is 127. The van der Waals surface area contributed by atoms with E-state index in [4.69, 9.17) is 0 Å². The van der Waals surface area contributed by atoms with Crippen molar-refractivity contribution in [1.29, 1.82) is 0 Å². The summed E-state index contributed by atoms with van der Waals surface area (Å²) in [5.74, 6) is 0.337. The van der Waals surface area contributed by atoms with Gasteiger partial charge in [-0.05, 0) is 52.9 Å². The van der Waals surface area contributed by atoms with E-state index < -0.39 is 0 Å². The summed E-state index contributed by atoms with van der Waals surface area (Å²) in [7, 11) is 0. The maximum absolute atomic E-state index is 9.68. The van der Waals surface area contributed by atoms with Crippen LogP contribution in [0, 0.1) is 3.57 Å². The lowest BCUT2D eigenvalue weighted by Crippen LogP contribution is -1.90. The van der Waals surface area contributed by atoms with Gasteiger partial charge in [0.2, 0.25) is 0 Å². The fourth-order valence-electron chi connectivity index (χ4n) is 1.98. The van der Waals surface area contributed by atoms with Crippen molar-refractivity contribution in [3.05, 3.63) is 58.3 Å². The zero-order valence-corrected chi connectivity index (χ0v) is 11.1. The Kier molecular flexibility index (Phi) is 2.55. The number of hydrogen-bond donors (Lipinski definition) is 1. The Bertz CT molecular complexity index is 673. The molecule has 0 bridgehead atoms. The van der Waals surface area contributed by atoms with E-state index in [0.717, 1.165) is 20.2 Å². The second-order valence-corrected chi connectivity index (χ2v) is 4.93. The van der Waals surface area contributed by atoms with E-state index >= 15 is 0 Å². The zero-order chi connectivity index (χ0) is 11.8. The van der Waals surface area contributed by atoms with Gasteiger partial charge >= 0.3 is 0 Å². The highest BCUT2D eigenvalue weighted by Crippen LogP contribution is 2.30. The van der Waals surface area contributed by atoms with Gasteiger partial charge in [0.1, 0.15) is 5.75 Å². The molecule has 3 aromatic rings. The van der Waals surface area contributed by atoms with Crippen LogP contribution in [0.15, 0.2) is 54.7 Å². The number of benzene rings is 2. The summed E-state index contributed by atoms with van der Waals surface area (Å²) in [4.78, 5) is 0. The van der Waals surface area contributed by atoms with Gasteiger partial charge in [0.25, 0.3) is 0 Å². The second kappa shape index (κ2) is 4.07. The van der Waals surface area contributed by atoms with Crippen LogP contribution in [0.2, 0.25) is 0 Å². The number of aromatic hydroxyl groups is 1. The van der Waals surface area contributed by atoms with Crippen molar-refractivity contribution in [2.45, 2.75) is 0 Å². The Hall–Kier alpha value is -1.49. The molecule has 0 spiro atoms. The predicted octanol–water partition coefficient (Wildman–Crippen LogP) is 3.94. The van der Waals surface area contributed by atoms with Crippen LogP contribution in [0.1, 0.15) is 0 Å². The third-order valence-corrected chi connectivity index (χ3v) is 3.95. The van der Waals surface area contributed by atoms with Crippen molar-refractivity contribution in [2.24, 2.45) is 0 Å². The first-order valence-electron chi connectivity index (χ1n) is 5.31. The molecule has 1 heterocycles. The summed E-state index contributed by atoms with van der Waals surface area (Å²) >= 11 is 2.17. The molecule has 0 saturated carbocycles. The van der Waals surface area contributed by atoms with Crippen molar-refractivity contribution in [3.8, 4) is 11.4 Å². The van der Waals surface area contributed by atoms with E-state index in [9.17, 15) is 5.11 Å². The number of nitrogens with zero attached hydrogens (tertiary/aromatic N) is 1. The molecule has 17 heavy (non-hydrogen) atoms. The number of phenolic OH excluding ortho intramolecular Hbond substituents is 1. The molecule has 1 N–H and O–H groups in total. The molecule has 84 valence electrons. The van der Waals surface area contributed by atoms with Gasteiger partial charge in [-0.1, -0.05) is 18.2 Å². The van der Waals surface area contributed by atoms with E-state index in [1.54, 1.807) is 6.07 Å². The minimum atomic E-state index is 0.337. The molecule has 2 aromatic carbocycles. The molecular formula is C14H10INO. The molecule has 0 amide bonds. The number of aromatic nitrogens is 1. The average molecular weight is 335 g/mol. The van der Waals surface area contributed by atoms with E-state index in [1.165, 1.54) is 0 Å². The van der Waals surface area contributed by atoms with Crippen LogP contribution in [0.4, 0.5) is 0 Å². The Morgan fingerprint density at radius 2 is 1.71 bits per heavy atom. The number of rotatable bonds is 1. The molecule has 0 aliphatic carbocycles. The normalized spacial score (nSPS) is 10.9. The van der Waals surface area contributed by atoms with Gasteiger partial charge in [0.15, 0.2) is 0 Å². The molecule has 2 nitrogen and oxygen atoms in total.